The van der Waals surface area contributed by atoms with E-state index in [-0.39, 0.29) is 12.3 Å². The number of carbonyl (C=O) groups is 1. The van der Waals surface area contributed by atoms with Gasteiger partial charge in [0.15, 0.2) is 0 Å². The van der Waals surface area contributed by atoms with Crippen LogP contribution < -0.4 is 10.1 Å². The summed E-state index contributed by atoms with van der Waals surface area (Å²) in [4.78, 5) is 11.6. The van der Waals surface area contributed by atoms with E-state index in [1.807, 2.05) is 36.4 Å². The lowest BCUT2D eigenvalue weighted by Crippen LogP contribution is -2.25. The fourth-order valence-electron chi connectivity index (χ4n) is 3.10. The van der Waals surface area contributed by atoms with Gasteiger partial charge in [0.25, 0.3) is 0 Å². The molecule has 0 aromatic heterocycles. The second-order valence-electron chi connectivity index (χ2n) is 6.41. The van der Waals surface area contributed by atoms with Gasteiger partial charge in [0, 0.05) is 12.1 Å². The average molecular weight is 358 g/mol. The molecule has 0 bridgehead atoms. The molecule has 3 rings (SSSR count). The van der Waals surface area contributed by atoms with Crippen molar-refractivity contribution in [3.8, 4) is 11.8 Å². The third-order valence-electron chi connectivity index (χ3n) is 4.58. The highest BCUT2D eigenvalue weighted by Crippen LogP contribution is 2.29. The summed E-state index contributed by atoms with van der Waals surface area (Å²) in [6, 6.07) is 22.2. The molecule has 3 aromatic rings. The van der Waals surface area contributed by atoms with E-state index >= 15 is 0 Å². The van der Waals surface area contributed by atoms with Crippen LogP contribution in [-0.4, -0.2) is 12.5 Å². The Hall–Kier alpha value is -3.32. The average Bonchev–Trinajstić information content (AvgIpc) is 2.68. The van der Waals surface area contributed by atoms with Crippen LogP contribution >= 0.6 is 0 Å². The third kappa shape index (κ3) is 4.65. The van der Waals surface area contributed by atoms with Gasteiger partial charge in [-0.05, 0) is 41.3 Å². The molecule has 0 spiro atoms. The monoisotopic (exact) mass is 358 g/mol. The van der Waals surface area contributed by atoms with E-state index in [0.717, 1.165) is 27.6 Å². The highest BCUT2D eigenvalue weighted by Gasteiger charge is 2.10. The van der Waals surface area contributed by atoms with E-state index in [1.54, 1.807) is 0 Å². The number of amides is 1. The van der Waals surface area contributed by atoms with E-state index in [0.29, 0.717) is 19.6 Å². The molecule has 0 heterocycles. The first kappa shape index (κ1) is 18.5. The van der Waals surface area contributed by atoms with Crippen molar-refractivity contribution in [1.82, 2.24) is 5.32 Å². The Morgan fingerprint density at radius 1 is 1.07 bits per heavy atom. The number of nitriles is 1. The highest BCUT2D eigenvalue weighted by atomic mass is 16.5. The van der Waals surface area contributed by atoms with E-state index < -0.39 is 0 Å². The lowest BCUT2D eigenvalue weighted by molar-refractivity contribution is -0.120. The molecule has 0 unspecified atom stereocenters. The molecule has 0 atom stereocenters. The Bertz CT molecular complexity index is 989. The minimum Gasteiger partial charge on any atom is -0.489 e. The zero-order chi connectivity index (χ0) is 19.1. The Morgan fingerprint density at radius 3 is 2.67 bits per heavy atom. The summed E-state index contributed by atoms with van der Waals surface area (Å²) in [5.74, 6) is 0.576. The minimum absolute atomic E-state index is 0.119. The molecule has 4 nitrogen and oxygen atoms in total. The van der Waals surface area contributed by atoms with Gasteiger partial charge >= 0.3 is 0 Å². The van der Waals surface area contributed by atoms with Gasteiger partial charge in [-0.15, -0.1) is 0 Å². The van der Waals surface area contributed by atoms with Crippen molar-refractivity contribution in [2.24, 2.45) is 0 Å². The SMILES string of the molecule is Cc1ccccc1COc1ccc2ccccc2c1CCNC(=O)CC#N. The molecule has 1 amide bonds. The van der Waals surface area contributed by atoms with Gasteiger partial charge in [-0.25, -0.2) is 0 Å². The summed E-state index contributed by atoms with van der Waals surface area (Å²) in [5.41, 5.74) is 3.42. The van der Waals surface area contributed by atoms with E-state index in [2.05, 4.69) is 42.6 Å². The van der Waals surface area contributed by atoms with Crippen molar-refractivity contribution in [1.29, 1.82) is 5.26 Å². The molecule has 3 aromatic carbocycles. The zero-order valence-corrected chi connectivity index (χ0v) is 15.4. The van der Waals surface area contributed by atoms with Crippen LogP contribution in [0.1, 0.15) is 23.1 Å². The van der Waals surface area contributed by atoms with Crippen molar-refractivity contribution in [3.63, 3.8) is 0 Å². The number of aryl methyl sites for hydroxylation is 1. The molecule has 0 saturated heterocycles. The molecule has 1 N–H and O–H groups in total. The Kier molecular flexibility index (Phi) is 6.06. The zero-order valence-electron chi connectivity index (χ0n) is 15.4. The fraction of sp³-hybridized carbons (Fsp3) is 0.217. The quantitative estimate of drug-likeness (QED) is 0.685. The van der Waals surface area contributed by atoms with Gasteiger partial charge in [-0.3, -0.25) is 4.79 Å². The Balaban J connectivity index is 1.82. The number of nitrogens with zero attached hydrogens (tertiary/aromatic N) is 1. The molecule has 0 aliphatic carbocycles. The Morgan fingerprint density at radius 2 is 1.85 bits per heavy atom. The van der Waals surface area contributed by atoms with Gasteiger partial charge in [-0.1, -0.05) is 54.6 Å². The fourth-order valence-corrected chi connectivity index (χ4v) is 3.10. The maximum atomic E-state index is 11.6. The summed E-state index contributed by atoms with van der Waals surface area (Å²) >= 11 is 0. The molecule has 136 valence electrons. The topological polar surface area (TPSA) is 62.1 Å². The van der Waals surface area contributed by atoms with Crippen molar-refractivity contribution >= 4 is 16.7 Å². The van der Waals surface area contributed by atoms with Crippen LogP contribution in [0.5, 0.6) is 5.75 Å². The molecule has 0 aliphatic rings. The molecule has 27 heavy (non-hydrogen) atoms. The van der Waals surface area contributed by atoms with Crippen LogP contribution in [-0.2, 0) is 17.8 Å². The van der Waals surface area contributed by atoms with Gasteiger partial charge < -0.3 is 10.1 Å². The number of ether oxygens (including phenoxy) is 1. The molecular weight excluding hydrogens is 336 g/mol. The van der Waals surface area contributed by atoms with Crippen molar-refractivity contribution in [2.75, 3.05) is 6.54 Å². The number of benzene rings is 3. The lowest BCUT2D eigenvalue weighted by atomic mass is 10.0. The van der Waals surface area contributed by atoms with Crippen LogP contribution in [0, 0.1) is 18.3 Å². The van der Waals surface area contributed by atoms with Crippen LogP contribution in [0.2, 0.25) is 0 Å². The van der Waals surface area contributed by atoms with Gasteiger partial charge in [-0.2, -0.15) is 5.26 Å². The molecule has 0 fully saturated rings. The van der Waals surface area contributed by atoms with Crippen LogP contribution in [0.3, 0.4) is 0 Å². The van der Waals surface area contributed by atoms with Crippen LogP contribution in [0.15, 0.2) is 60.7 Å². The number of nitrogens with one attached hydrogen (secondary N) is 1. The highest BCUT2D eigenvalue weighted by molar-refractivity contribution is 5.88. The summed E-state index contributed by atoms with van der Waals surface area (Å²) < 4.78 is 6.15. The number of rotatable bonds is 7. The molecule has 0 aliphatic heterocycles. The van der Waals surface area contributed by atoms with E-state index in [9.17, 15) is 4.79 Å². The lowest BCUT2D eigenvalue weighted by Gasteiger charge is -2.15. The molecular formula is C23H22N2O2. The first-order chi connectivity index (χ1) is 13.2. The predicted octanol–water partition coefficient (Wildman–Crippen LogP) is 4.30. The number of carbonyl (C=O) groups excluding carboxylic acids is 1. The number of hydrogen-bond donors (Lipinski definition) is 1. The number of fused-ring (bicyclic) bond motifs is 1. The second kappa shape index (κ2) is 8.86. The smallest absolute Gasteiger partial charge is 0.234 e. The normalized spacial score (nSPS) is 10.4. The number of hydrogen-bond acceptors (Lipinski definition) is 3. The van der Waals surface area contributed by atoms with Crippen molar-refractivity contribution in [2.45, 2.75) is 26.4 Å². The molecule has 0 saturated carbocycles. The molecule has 0 radical (unpaired) electrons. The van der Waals surface area contributed by atoms with Crippen molar-refractivity contribution in [3.05, 3.63) is 77.4 Å². The van der Waals surface area contributed by atoms with Gasteiger partial charge in [0.1, 0.15) is 18.8 Å². The second-order valence-corrected chi connectivity index (χ2v) is 6.41. The first-order valence-corrected chi connectivity index (χ1v) is 9.00. The van der Waals surface area contributed by atoms with Crippen LogP contribution in [0.4, 0.5) is 0 Å². The van der Waals surface area contributed by atoms with E-state index in [4.69, 9.17) is 10.00 Å². The predicted molar refractivity (Wildman–Crippen MR) is 106 cm³/mol. The van der Waals surface area contributed by atoms with Crippen molar-refractivity contribution < 1.29 is 9.53 Å². The maximum absolute atomic E-state index is 11.6. The minimum atomic E-state index is -0.250. The maximum Gasteiger partial charge on any atom is 0.234 e. The van der Waals surface area contributed by atoms with Gasteiger partial charge in [0.05, 0.1) is 6.07 Å². The standard InChI is InChI=1S/C23H22N2O2/c1-17-6-2-3-8-19(17)16-27-22-11-10-18-7-4-5-9-20(18)21(22)13-15-25-23(26)12-14-24/h2-11H,12-13,15-16H2,1H3,(H,25,26). The third-order valence-corrected chi connectivity index (χ3v) is 4.58. The van der Waals surface area contributed by atoms with Crippen LogP contribution in [0.25, 0.3) is 10.8 Å². The summed E-state index contributed by atoms with van der Waals surface area (Å²) in [7, 11) is 0. The summed E-state index contributed by atoms with van der Waals surface area (Å²) in [5, 5.41) is 13.7. The Labute approximate surface area is 159 Å². The van der Waals surface area contributed by atoms with E-state index in [1.165, 1.54) is 5.56 Å². The summed E-state index contributed by atoms with van der Waals surface area (Å²) in [6.07, 6.45) is 0.522. The first-order valence-electron chi connectivity index (χ1n) is 9.00. The largest absolute Gasteiger partial charge is 0.489 e. The summed E-state index contributed by atoms with van der Waals surface area (Å²) in [6.45, 7) is 3.04. The molecule has 4 heteroatoms. The van der Waals surface area contributed by atoms with Gasteiger partial charge in [0.2, 0.25) is 5.91 Å².